The van der Waals surface area contributed by atoms with Gasteiger partial charge in [-0.2, -0.15) is 0 Å². The van der Waals surface area contributed by atoms with E-state index in [-0.39, 0.29) is 15.8 Å². The number of benzene rings is 2. The van der Waals surface area contributed by atoms with E-state index in [0.29, 0.717) is 21.2 Å². The smallest absolute Gasteiger partial charge is 0.126 e. The zero-order valence-electron chi connectivity index (χ0n) is 11.4. The van der Waals surface area contributed by atoms with Gasteiger partial charge in [0.05, 0.1) is 20.1 Å². The van der Waals surface area contributed by atoms with Crippen LogP contribution in [0.2, 0.25) is 20.1 Å². The van der Waals surface area contributed by atoms with Crippen molar-refractivity contribution in [3.63, 3.8) is 0 Å². The van der Waals surface area contributed by atoms with Crippen LogP contribution in [0, 0.1) is 0 Å². The first kappa shape index (κ1) is 17.4. The third-order valence-electron chi connectivity index (χ3n) is 2.95. The van der Waals surface area contributed by atoms with E-state index in [0.717, 1.165) is 0 Å². The van der Waals surface area contributed by atoms with Crippen LogP contribution in [0.1, 0.15) is 17.2 Å². The summed E-state index contributed by atoms with van der Waals surface area (Å²) in [5.41, 5.74) is 1.01. The minimum Gasteiger partial charge on any atom is -0.399 e. The third-order valence-corrected chi connectivity index (χ3v) is 4.60. The molecule has 2 aromatic carbocycles. The van der Waals surface area contributed by atoms with Crippen LogP contribution in [0.25, 0.3) is 0 Å². The Morgan fingerprint density at radius 2 is 1.59 bits per heavy atom. The second-order valence-corrected chi connectivity index (χ2v) is 5.88. The van der Waals surface area contributed by atoms with E-state index >= 15 is 0 Å². The average Bonchev–Trinajstić information content (AvgIpc) is 2.50. The van der Waals surface area contributed by atoms with Crippen LogP contribution >= 0.6 is 46.4 Å². The number of oxime groups is 1. The monoisotopic (exact) mass is 377 g/mol. The molecule has 1 atom stereocenters. The molecule has 2 rings (SSSR count). The van der Waals surface area contributed by atoms with Gasteiger partial charge in [0, 0.05) is 11.1 Å². The van der Waals surface area contributed by atoms with Crippen LogP contribution in [-0.4, -0.2) is 17.9 Å². The fourth-order valence-corrected chi connectivity index (χ4v) is 2.73. The normalized spacial score (nSPS) is 13.1. The van der Waals surface area contributed by atoms with Crippen LogP contribution in [-0.2, 0) is 4.84 Å². The van der Waals surface area contributed by atoms with Crippen molar-refractivity contribution in [1.82, 2.24) is 0 Å². The summed E-state index contributed by atoms with van der Waals surface area (Å²) in [6, 6.07) is 9.95. The van der Waals surface area contributed by atoms with Gasteiger partial charge in [-0.15, -0.1) is 0 Å². The van der Waals surface area contributed by atoms with E-state index in [9.17, 15) is 5.11 Å². The first-order chi connectivity index (χ1) is 10.5. The first-order valence-corrected chi connectivity index (χ1v) is 7.66. The Bertz CT molecular complexity index is 719. The van der Waals surface area contributed by atoms with Crippen LogP contribution < -0.4 is 0 Å². The molecule has 0 aliphatic heterocycles. The summed E-state index contributed by atoms with van der Waals surface area (Å²) in [7, 11) is 1.37. The number of rotatable bonds is 4. The Balaban J connectivity index is 2.55. The molecule has 2 aromatic rings. The fraction of sp³-hybridized carbons (Fsp3) is 0.133. The summed E-state index contributed by atoms with van der Waals surface area (Å²) in [5, 5.41) is 15.7. The van der Waals surface area contributed by atoms with Crippen molar-refractivity contribution in [2.45, 2.75) is 6.10 Å². The lowest BCUT2D eigenvalue weighted by atomic mass is 9.99. The van der Waals surface area contributed by atoms with Gasteiger partial charge in [-0.3, -0.25) is 0 Å². The van der Waals surface area contributed by atoms with Crippen molar-refractivity contribution in [3.8, 4) is 0 Å². The molecule has 3 nitrogen and oxygen atoms in total. The maximum atomic E-state index is 10.6. The molecule has 0 radical (unpaired) electrons. The lowest BCUT2D eigenvalue weighted by molar-refractivity contribution is 0.196. The second kappa shape index (κ2) is 7.53. The molecule has 1 unspecified atom stereocenters. The number of hydrogen-bond acceptors (Lipinski definition) is 3. The minimum atomic E-state index is -1.18. The zero-order valence-corrected chi connectivity index (χ0v) is 14.4. The van der Waals surface area contributed by atoms with Gasteiger partial charge in [0.2, 0.25) is 0 Å². The van der Waals surface area contributed by atoms with Gasteiger partial charge in [0.25, 0.3) is 0 Å². The molecule has 116 valence electrons. The highest BCUT2D eigenvalue weighted by Crippen LogP contribution is 2.34. The second-order valence-electron chi connectivity index (χ2n) is 4.31. The van der Waals surface area contributed by atoms with Gasteiger partial charge in [0.1, 0.15) is 18.9 Å². The van der Waals surface area contributed by atoms with Gasteiger partial charge in [0.15, 0.2) is 0 Å². The van der Waals surface area contributed by atoms with Crippen molar-refractivity contribution >= 4 is 52.1 Å². The van der Waals surface area contributed by atoms with E-state index in [4.69, 9.17) is 51.2 Å². The quantitative estimate of drug-likeness (QED) is 0.572. The maximum Gasteiger partial charge on any atom is 0.126 e. The summed E-state index contributed by atoms with van der Waals surface area (Å²) < 4.78 is 0. The molecule has 1 N–H and O–H groups in total. The van der Waals surface area contributed by atoms with Crippen molar-refractivity contribution in [1.29, 1.82) is 0 Å². The van der Waals surface area contributed by atoms with Crippen LogP contribution in [0.4, 0.5) is 0 Å². The lowest BCUT2D eigenvalue weighted by Crippen LogP contribution is -2.15. The number of nitrogens with zero attached hydrogens (tertiary/aromatic N) is 1. The molecule has 0 aliphatic carbocycles. The number of aliphatic hydroxyl groups is 1. The molecule has 0 fully saturated rings. The highest BCUT2D eigenvalue weighted by atomic mass is 35.5. The van der Waals surface area contributed by atoms with Crippen molar-refractivity contribution in [2.75, 3.05) is 7.11 Å². The standard InChI is InChI=1S/C15H11Cl4NO2/c1-22-20-14(8-4-2-6-10(16)12(8)18)15(21)9-5-3-7-11(17)13(9)19/h2-7,15,21H,1H3. The summed E-state index contributed by atoms with van der Waals surface area (Å²) in [5.74, 6) is 0. The molecule has 0 aliphatic rings. The average molecular weight is 379 g/mol. The largest absolute Gasteiger partial charge is 0.399 e. The Morgan fingerprint density at radius 3 is 2.23 bits per heavy atom. The molecule has 0 heterocycles. The van der Waals surface area contributed by atoms with Crippen molar-refractivity contribution < 1.29 is 9.94 Å². The maximum absolute atomic E-state index is 10.6. The molecule has 0 spiro atoms. The van der Waals surface area contributed by atoms with Gasteiger partial charge >= 0.3 is 0 Å². The first-order valence-electron chi connectivity index (χ1n) is 6.14. The van der Waals surface area contributed by atoms with Crippen molar-refractivity contribution in [2.24, 2.45) is 5.16 Å². The molecule has 7 heteroatoms. The highest BCUT2D eigenvalue weighted by molar-refractivity contribution is 6.44. The summed E-state index contributed by atoms with van der Waals surface area (Å²) >= 11 is 24.3. The predicted octanol–water partition coefficient (Wildman–Crippen LogP) is 5.38. The van der Waals surface area contributed by atoms with Crippen LogP contribution in [0.3, 0.4) is 0 Å². The predicted molar refractivity (Wildman–Crippen MR) is 91.4 cm³/mol. The molecule has 0 aromatic heterocycles. The zero-order chi connectivity index (χ0) is 16.3. The number of hydrogen-bond donors (Lipinski definition) is 1. The topological polar surface area (TPSA) is 41.8 Å². The SMILES string of the molecule is CON=C(c1cccc(Cl)c1Cl)C(O)c1cccc(Cl)c1Cl. The minimum absolute atomic E-state index is 0.180. The van der Waals surface area contributed by atoms with Crippen LogP contribution in [0.5, 0.6) is 0 Å². The van der Waals surface area contributed by atoms with Gasteiger partial charge in [-0.05, 0) is 12.1 Å². The molecule has 0 amide bonds. The summed E-state index contributed by atoms with van der Waals surface area (Å²) in [6.45, 7) is 0. The van der Waals surface area contributed by atoms with Gasteiger partial charge < -0.3 is 9.94 Å². The van der Waals surface area contributed by atoms with E-state index in [2.05, 4.69) is 5.16 Å². The number of halogens is 4. The highest BCUT2D eigenvalue weighted by Gasteiger charge is 2.24. The Labute approximate surface area is 148 Å². The third kappa shape index (κ3) is 3.50. The molecule has 0 saturated carbocycles. The van der Waals surface area contributed by atoms with E-state index < -0.39 is 6.10 Å². The molecular formula is C15H11Cl4NO2. The summed E-state index contributed by atoms with van der Waals surface area (Å²) in [4.78, 5) is 4.82. The number of aliphatic hydroxyl groups excluding tert-OH is 1. The fourth-order valence-electron chi connectivity index (χ4n) is 1.93. The van der Waals surface area contributed by atoms with E-state index in [1.165, 1.54) is 7.11 Å². The molecular weight excluding hydrogens is 368 g/mol. The Hall–Kier alpha value is -0.970. The van der Waals surface area contributed by atoms with Gasteiger partial charge in [-0.25, -0.2) is 0 Å². The van der Waals surface area contributed by atoms with Crippen LogP contribution in [0.15, 0.2) is 41.6 Å². The Kier molecular flexibility index (Phi) is 5.95. The van der Waals surface area contributed by atoms with Gasteiger partial charge in [-0.1, -0.05) is 75.8 Å². The molecule has 0 saturated heterocycles. The van der Waals surface area contributed by atoms with E-state index in [1.807, 2.05) is 0 Å². The Morgan fingerprint density at radius 1 is 1.00 bits per heavy atom. The summed E-state index contributed by atoms with van der Waals surface area (Å²) in [6.07, 6.45) is -1.18. The molecule has 22 heavy (non-hydrogen) atoms. The lowest BCUT2D eigenvalue weighted by Gasteiger charge is -2.17. The van der Waals surface area contributed by atoms with E-state index in [1.54, 1.807) is 36.4 Å². The van der Waals surface area contributed by atoms with Crippen molar-refractivity contribution in [3.05, 3.63) is 67.6 Å². The molecule has 0 bridgehead atoms.